The molecule has 4 aromatic rings. The zero-order valence-electron chi connectivity index (χ0n) is 23.0. The molecular formula is C34H36N2O2. The maximum absolute atomic E-state index is 10.4. The van der Waals surface area contributed by atoms with Gasteiger partial charge in [0, 0.05) is 23.6 Å². The van der Waals surface area contributed by atoms with E-state index in [4.69, 9.17) is 9.98 Å². The zero-order chi connectivity index (χ0) is 27.4. The molecule has 2 N–H and O–H groups in total. The fourth-order valence-corrected chi connectivity index (χ4v) is 5.46. The number of hydrogen-bond donors (Lipinski definition) is 2. The van der Waals surface area contributed by atoms with E-state index in [9.17, 15) is 10.2 Å². The van der Waals surface area contributed by atoms with E-state index in [2.05, 4.69) is 65.8 Å². The fraction of sp³-hybridized carbons (Fsp3) is 0.235. The third kappa shape index (κ3) is 5.86. The molecule has 4 aromatic carbocycles. The average Bonchev–Trinajstić information content (AvgIpc) is 2.84. The summed E-state index contributed by atoms with van der Waals surface area (Å²) in [4.78, 5) is 10.3. The van der Waals surface area contributed by atoms with Crippen LogP contribution >= 0.6 is 0 Å². The first-order valence-corrected chi connectivity index (χ1v) is 12.9. The minimum Gasteiger partial charge on any atom is -0.507 e. The van der Waals surface area contributed by atoms with Gasteiger partial charge in [0.15, 0.2) is 0 Å². The first-order chi connectivity index (χ1) is 18.2. The summed E-state index contributed by atoms with van der Waals surface area (Å²) in [5, 5.41) is 20.9. The van der Waals surface area contributed by atoms with Crippen molar-refractivity contribution in [2.75, 3.05) is 0 Å². The topological polar surface area (TPSA) is 65.2 Å². The van der Waals surface area contributed by atoms with Gasteiger partial charge < -0.3 is 10.2 Å². The van der Waals surface area contributed by atoms with Crippen LogP contribution in [0.1, 0.15) is 67.7 Å². The Kier molecular flexibility index (Phi) is 8.11. The highest BCUT2D eigenvalue weighted by Crippen LogP contribution is 2.42. The van der Waals surface area contributed by atoms with Crippen molar-refractivity contribution in [1.29, 1.82) is 0 Å². The largest absolute Gasteiger partial charge is 0.507 e. The number of rotatable bonds is 7. The quantitative estimate of drug-likeness (QED) is 0.251. The molecule has 2 unspecified atom stereocenters. The lowest BCUT2D eigenvalue weighted by Crippen LogP contribution is -2.15. The van der Waals surface area contributed by atoms with Crippen LogP contribution in [0.3, 0.4) is 0 Å². The number of aliphatic imine (C=N–C) groups is 2. The van der Waals surface area contributed by atoms with E-state index in [-0.39, 0.29) is 23.6 Å². The van der Waals surface area contributed by atoms with Crippen LogP contribution in [0.25, 0.3) is 0 Å². The minimum atomic E-state index is -0.364. The van der Waals surface area contributed by atoms with Crippen molar-refractivity contribution < 1.29 is 10.2 Å². The summed E-state index contributed by atoms with van der Waals surface area (Å²) in [5.74, 6) is 0.369. The number of nitrogens with zero attached hydrogens (tertiary/aromatic N) is 2. The van der Waals surface area contributed by atoms with Crippen molar-refractivity contribution in [2.45, 2.75) is 53.6 Å². The van der Waals surface area contributed by atoms with Gasteiger partial charge in [0.1, 0.15) is 23.6 Å². The molecule has 0 saturated heterocycles. The normalized spacial score (nSPS) is 13.3. The first kappa shape index (κ1) is 26.9. The molecule has 0 aromatic heterocycles. The third-order valence-corrected chi connectivity index (χ3v) is 6.99. The lowest BCUT2D eigenvalue weighted by molar-refractivity contribution is 0.473. The van der Waals surface area contributed by atoms with Gasteiger partial charge in [-0.05, 0) is 99.2 Å². The van der Waals surface area contributed by atoms with Crippen LogP contribution in [-0.4, -0.2) is 22.6 Å². The molecule has 0 spiro atoms. The van der Waals surface area contributed by atoms with Crippen molar-refractivity contribution >= 4 is 12.4 Å². The highest BCUT2D eigenvalue weighted by Gasteiger charge is 2.29. The number of hydrogen-bond acceptors (Lipinski definition) is 4. The summed E-state index contributed by atoms with van der Waals surface area (Å²) in [5.41, 5.74) is 10.5. The van der Waals surface area contributed by atoms with Crippen LogP contribution in [0.15, 0.2) is 82.8 Å². The lowest BCUT2D eigenvalue weighted by Gasteiger charge is -2.28. The van der Waals surface area contributed by atoms with Crippen LogP contribution < -0.4 is 0 Å². The second kappa shape index (κ2) is 11.5. The van der Waals surface area contributed by atoms with Gasteiger partial charge in [-0.15, -0.1) is 0 Å². The highest BCUT2D eigenvalue weighted by atomic mass is 16.3. The summed E-state index contributed by atoms with van der Waals surface area (Å²) >= 11 is 0. The molecule has 4 nitrogen and oxygen atoms in total. The van der Waals surface area contributed by atoms with Crippen LogP contribution in [0.2, 0.25) is 0 Å². The van der Waals surface area contributed by atoms with E-state index in [0.717, 1.165) is 33.4 Å². The van der Waals surface area contributed by atoms with Gasteiger partial charge in [-0.1, -0.05) is 59.7 Å². The molecule has 194 valence electrons. The molecule has 0 aliphatic rings. The van der Waals surface area contributed by atoms with Gasteiger partial charge in [-0.25, -0.2) is 0 Å². The smallest absolute Gasteiger partial charge is 0.124 e. The molecule has 0 radical (unpaired) electrons. The standard InChI is InChI=1S/C34H36N2O2/c1-21-15-23(3)31(24(4)16-21)33(35-19-27-11-7-9-13-29(27)37)34(32-25(5)17-22(2)18-26(32)6)36-20-28-12-8-10-14-30(28)38/h7-20,33-34,37-38H,1-6H3. The SMILES string of the molecule is Cc1cc(C)c(C(N=Cc2ccccc2O)C(N=Cc2ccccc2O)c2c(C)cc(C)cc2C)c(C)c1. The molecule has 2 atom stereocenters. The Hall–Kier alpha value is -4.18. The third-order valence-electron chi connectivity index (χ3n) is 6.99. The number of phenolic OH excluding ortho intramolecular Hbond substituents is 2. The van der Waals surface area contributed by atoms with E-state index in [1.54, 1.807) is 36.7 Å². The number of benzene rings is 4. The van der Waals surface area contributed by atoms with Crippen LogP contribution in [-0.2, 0) is 0 Å². The molecular weight excluding hydrogens is 468 g/mol. The van der Waals surface area contributed by atoms with Gasteiger partial charge in [-0.2, -0.15) is 0 Å². The van der Waals surface area contributed by atoms with E-state index in [1.807, 2.05) is 24.3 Å². The molecule has 0 aliphatic heterocycles. The lowest BCUT2D eigenvalue weighted by atomic mass is 9.84. The summed E-state index contributed by atoms with van der Waals surface area (Å²) < 4.78 is 0. The molecule has 0 saturated carbocycles. The maximum Gasteiger partial charge on any atom is 0.124 e. The second-order valence-electron chi connectivity index (χ2n) is 10.2. The average molecular weight is 505 g/mol. The predicted octanol–water partition coefficient (Wildman–Crippen LogP) is 7.97. The zero-order valence-corrected chi connectivity index (χ0v) is 23.0. The number of para-hydroxylation sites is 2. The Bertz CT molecular complexity index is 1360. The highest BCUT2D eigenvalue weighted by molar-refractivity contribution is 5.84. The van der Waals surface area contributed by atoms with Gasteiger partial charge in [-0.3, -0.25) is 9.98 Å². The van der Waals surface area contributed by atoms with Crippen LogP contribution in [0.5, 0.6) is 11.5 Å². The molecule has 0 amide bonds. The van der Waals surface area contributed by atoms with E-state index >= 15 is 0 Å². The Morgan fingerprint density at radius 3 is 1.16 bits per heavy atom. The van der Waals surface area contributed by atoms with Crippen LogP contribution in [0.4, 0.5) is 0 Å². The predicted molar refractivity (Wildman–Crippen MR) is 158 cm³/mol. The van der Waals surface area contributed by atoms with Crippen molar-refractivity contribution in [1.82, 2.24) is 0 Å². The summed E-state index contributed by atoms with van der Waals surface area (Å²) in [6.45, 7) is 12.7. The van der Waals surface area contributed by atoms with E-state index in [0.29, 0.717) is 11.1 Å². The molecule has 38 heavy (non-hydrogen) atoms. The minimum absolute atomic E-state index is 0.185. The Morgan fingerprint density at radius 1 is 0.526 bits per heavy atom. The Balaban J connectivity index is 1.98. The van der Waals surface area contributed by atoms with Gasteiger partial charge >= 0.3 is 0 Å². The fourth-order valence-electron chi connectivity index (χ4n) is 5.46. The maximum atomic E-state index is 10.4. The summed E-state index contributed by atoms with van der Waals surface area (Å²) in [6.07, 6.45) is 3.50. The second-order valence-corrected chi connectivity index (χ2v) is 10.2. The van der Waals surface area contributed by atoms with Crippen molar-refractivity contribution in [2.24, 2.45) is 9.98 Å². The molecule has 0 fully saturated rings. The molecule has 0 aliphatic carbocycles. The van der Waals surface area contributed by atoms with E-state index in [1.165, 1.54) is 11.1 Å². The number of phenols is 2. The summed E-state index contributed by atoms with van der Waals surface area (Å²) in [6, 6.07) is 22.4. The monoisotopic (exact) mass is 504 g/mol. The molecule has 4 rings (SSSR count). The Morgan fingerprint density at radius 2 is 0.842 bits per heavy atom. The Labute approximate surface area is 226 Å². The van der Waals surface area contributed by atoms with E-state index < -0.39 is 0 Å². The molecule has 4 heteroatoms. The number of aryl methyl sites for hydroxylation is 6. The van der Waals surface area contributed by atoms with Crippen molar-refractivity contribution in [3.8, 4) is 11.5 Å². The van der Waals surface area contributed by atoms with Crippen molar-refractivity contribution in [3.05, 3.63) is 128 Å². The first-order valence-electron chi connectivity index (χ1n) is 12.9. The van der Waals surface area contributed by atoms with Gasteiger partial charge in [0.2, 0.25) is 0 Å². The van der Waals surface area contributed by atoms with Gasteiger partial charge in [0.25, 0.3) is 0 Å². The molecule has 0 heterocycles. The van der Waals surface area contributed by atoms with Gasteiger partial charge in [0.05, 0.1) is 0 Å². The van der Waals surface area contributed by atoms with Crippen LogP contribution in [0, 0.1) is 41.5 Å². The molecule has 0 bridgehead atoms. The summed E-state index contributed by atoms with van der Waals surface area (Å²) in [7, 11) is 0. The van der Waals surface area contributed by atoms with Crippen molar-refractivity contribution in [3.63, 3.8) is 0 Å². The number of aromatic hydroxyl groups is 2.